The van der Waals surface area contributed by atoms with E-state index in [4.69, 9.17) is 52.9 Å². The van der Waals surface area contributed by atoms with Crippen LogP contribution in [0.3, 0.4) is 0 Å². The highest BCUT2D eigenvalue weighted by molar-refractivity contribution is 6.31. The molecule has 8 aromatic rings. The highest BCUT2D eigenvalue weighted by Gasteiger charge is 2.28. The number of nitrogens with one attached hydrogen (secondary N) is 2. The lowest BCUT2D eigenvalue weighted by molar-refractivity contribution is -0.138. The zero-order chi connectivity index (χ0) is 47.6. The van der Waals surface area contributed by atoms with Crippen LogP contribution in [0, 0.1) is 13.8 Å². The van der Waals surface area contributed by atoms with Crippen LogP contribution in [0.2, 0.25) is 10.0 Å². The van der Waals surface area contributed by atoms with Crippen molar-refractivity contribution in [2.24, 2.45) is 0 Å². The van der Waals surface area contributed by atoms with Crippen molar-refractivity contribution >= 4 is 68.6 Å². The highest BCUT2D eigenvalue weighted by Crippen LogP contribution is 2.39. The molecule has 12 nitrogen and oxygen atoms in total. The molecule has 0 bridgehead atoms. The Hall–Kier alpha value is -7.02. The van der Waals surface area contributed by atoms with E-state index in [0.717, 1.165) is 91.9 Å². The number of aromatic nitrogens is 4. The molecule has 0 amide bonds. The first kappa shape index (κ1) is 46.1. The summed E-state index contributed by atoms with van der Waals surface area (Å²) in [4.78, 5) is 31.8. The number of halogens is 2. The van der Waals surface area contributed by atoms with E-state index >= 15 is 0 Å². The number of hydrogen-bond donors (Lipinski definition) is 4. The van der Waals surface area contributed by atoms with Gasteiger partial charge in [0.2, 0.25) is 0 Å². The van der Waals surface area contributed by atoms with Crippen molar-refractivity contribution < 1.29 is 29.3 Å². The van der Waals surface area contributed by atoms with Gasteiger partial charge < -0.3 is 30.3 Å². The van der Waals surface area contributed by atoms with E-state index in [1.807, 2.05) is 72.8 Å². The number of aryl methyl sites for hydroxylation is 2. The lowest BCUT2D eigenvalue weighted by Gasteiger charge is -2.16. The molecule has 0 saturated heterocycles. The van der Waals surface area contributed by atoms with Crippen LogP contribution in [-0.4, -0.2) is 54.5 Å². The molecule has 0 saturated carbocycles. The Bertz CT molecular complexity index is 3000. The Kier molecular flexibility index (Phi) is 13.3. The summed E-state index contributed by atoms with van der Waals surface area (Å²) in [5.74, 6) is 1.72. The summed E-state index contributed by atoms with van der Waals surface area (Å²) in [6.45, 7) is 10.6. The molecule has 10 rings (SSSR count). The van der Waals surface area contributed by atoms with Crippen molar-refractivity contribution in [1.29, 1.82) is 0 Å². The predicted octanol–water partition coefficient (Wildman–Crippen LogP) is 12.2. The number of anilines is 2. The van der Waals surface area contributed by atoms with Crippen molar-refractivity contribution in [3.8, 4) is 22.9 Å². The minimum atomic E-state index is -0.807. The fourth-order valence-electron chi connectivity index (χ4n) is 9.34. The molecule has 14 heteroatoms. The van der Waals surface area contributed by atoms with Gasteiger partial charge in [0.15, 0.2) is 0 Å². The van der Waals surface area contributed by atoms with Crippen LogP contribution >= 0.6 is 23.2 Å². The summed E-state index contributed by atoms with van der Waals surface area (Å²) in [5.41, 5.74) is 14.5. The fourth-order valence-corrected chi connectivity index (χ4v) is 9.68. The summed E-state index contributed by atoms with van der Waals surface area (Å²) in [6, 6.07) is 36.0. The zero-order valence-corrected chi connectivity index (χ0v) is 39.8. The topological polar surface area (TPSA) is 153 Å². The second-order valence-electron chi connectivity index (χ2n) is 17.2. The number of hydrogen-bond acceptors (Lipinski definition) is 8. The lowest BCUT2D eigenvalue weighted by atomic mass is 9.98. The van der Waals surface area contributed by atoms with E-state index in [1.165, 1.54) is 22.3 Å². The molecule has 0 fully saturated rings. The molecule has 2 aliphatic rings. The summed E-state index contributed by atoms with van der Waals surface area (Å²) >= 11 is 12.6. The lowest BCUT2D eigenvalue weighted by Crippen LogP contribution is -2.07. The molecule has 2 aromatic heterocycles. The van der Waals surface area contributed by atoms with E-state index in [1.54, 1.807) is 0 Å². The Morgan fingerprint density at radius 1 is 0.618 bits per heavy atom. The molecule has 6 aromatic carbocycles. The van der Waals surface area contributed by atoms with Crippen LogP contribution in [0.1, 0.15) is 83.6 Å². The molecule has 68 heavy (non-hydrogen) atoms. The third-order valence-electron chi connectivity index (χ3n) is 12.9. The zero-order valence-electron chi connectivity index (χ0n) is 38.3. The van der Waals surface area contributed by atoms with Gasteiger partial charge in [0.25, 0.3) is 0 Å². The number of benzene rings is 6. The van der Waals surface area contributed by atoms with E-state index in [-0.39, 0.29) is 24.7 Å². The number of nitrogens with zero attached hydrogens (tertiary/aromatic N) is 4. The Morgan fingerprint density at radius 3 is 1.44 bits per heavy atom. The van der Waals surface area contributed by atoms with Gasteiger partial charge >= 0.3 is 11.9 Å². The average Bonchev–Trinajstić information content (AvgIpc) is 4.10. The first-order chi connectivity index (χ1) is 32.9. The molecule has 4 heterocycles. The van der Waals surface area contributed by atoms with Crippen molar-refractivity contribution in [3.63, 3.8) is 0 Å². The van der Waals surface area contributed by atoms with Gasteiger partial charge in [-0.1, -0.05) is 73.4 Å². The number of carbonyl (C=O) groups is 2. The molecule has 0 aliphatic carbocycles. The minimum absolute atomic E-state index is 0.0830. The summed E-state index contributed by atoms with van der Waals surface area (Å²) in [7, 11) is 0. The monoisotopic (exact) mass is 950 g/mol. The number of carboxylic acid groups (broad SMARTS) is 2. The second kappa shape index (κ2) is 19.7. The van der Waals surface area contributed by atoms with Crippen LogP contribution in [0.4, 0.5) is 11.4 Å². The second-order valence-corrected chi connectivity index (χ2v) is 18.1. The molecular formula is C54H52Cl2N6O6. The smallest absolute Gasteiger partial charge is 0.304 e. The van der Waals surface area contributed by atoms with Gasteiger partial charge in [0, 0.05) is 82.4 Å². The fraction of sp³-hybridized carbons (Fsp3) is 0.259. The number of rotatable bonds is 14. The predicted molar refractivity (Wildman–Crippen MR) is 269 cm³/mol. The maximum atomic E-state index is 11.1. The number of aliphatic carboxylic acids is 2. The van der Waals surface area contributed by atoms with E-state index < -0.39 is 11.9 Å². The average molecular weight is 952 g/mol. The third-order valence-corrected chi connectivity index (χ3v) is 13.4. The standard InChI is InChI=1S/2C27H26ClN3O3/c2*1-3-26-30-22-10-7-19(28)12-24(22)31(26)23-6-4-5-17(16(23)2)14-29-20-8-9-21-18(11-27(32)33)15-34-25(21)13-20/h2*4-10,12-13,18,29H,3,11,14-15H2,1-2H3,(H,32,33)/t2*18-/m11/s1. The van der Waals surface area contributed by atoms with Gasteiger partial charge in [-0.3, -0.25) is 18.7 Å². The van der Waals surface area contributed by atoms with Crippen LogP contribution in [0.25, 0.3) is 33.4 Å². The summed E-state index contributed by atoms with van der Waals surface area (Å²) in [5, 5.41) is 26.6. The maximum Gasteiger partial charge on any atom is 0.304 e. The van der Waals surface area contributed by atoms with Gasteiger partial charge in [0.1, 0.15) is 23.1 Å². The Morgan fingerprint density at radius 2 is 1.04 bits per heavy atom. The van der Waals surface area contributed by atoms with Gasteiger partial charge in [-0.05, 0) is 96.8 Å². The quantitative estimate of drug-likeness (QED) is 0.0829. The van der Waals surface area contributed by atoms with Gasteiger partial charge in [-0.2, -0.15) is 0 Å². The van der Waals surface area contributed by atoms with Gasteiger partial charge in [-0.25, -0.2) is 9.97 Å². The van der Waals surface area contributed by atoms with Crippen LogP contribution < -0.4 is 20.1 Å². The first-order valence-corrected chi connectivity index (χ1v) is 23.6. The molecule has 2 atom stereocenters. The molecular weight excluding hydrogens is 900 g/mol. The number of imidazole rings is 2. The van der Waals surface area contributed by atoms with Crippen molar-refractivity contribution in [3.05, 3.63) is 164 Å². The van der Waals surface area contributed by atoms with E-state index in [2.05, 4.69) is 83.9 Å². The summed E-state index contributed by atoms with van der Waals surface area (Å²) < 4.78 is 15.9. The first-order valence-electron chi connectivity index (χ1n) is 22.8. The molecule has 348 valence electrons. The van der Waals surface area contributed by atoms with Gasteiger partial charge in [0.05, 0.1) is 59.5 Å². The summed E-state index contributed by atoms with van der Waals surface area (Å²) in [6.07, 6.45) is 1.79. The van der Waals surface area contributed by atoms with E-state index in [9.17, 15) is 9.59 Å². The third kappa shape index (κ3) is 9.43. The Labute approximate surface area is 404 Å². The normalized spacial score (nSPS) is 14.7. The van der Waals surface area contributed by atoms with E-state index in [0.29, 0.717) is 36.3 Å². The van der Waals surface area contributed by atoms with Crippen molar-refractivity contribution in [2.75, 3.05) is 23.8 Å². The molecule has 2 aliphatic heterocycles. The van der Waals surface area contributed by atoms with Crippen LogP contribution in [-0.2, 0) is 35.5 Å². The van der Waals surface area contributed by atoms with Crippen molar-refractivity contribution in [1.82, 2.24) is 19.1 Å². The molecule has 0 radical (unpaired) electrons. The number of fused-ring (bicyclic) bond motifs is 4. The maximum absolute atomic E-state index is 11.1. The Balaban J connectivity index is 0.000000170. The largest absolute Gasteiger partial charge is 0.493 e. The number of ether oxygens (including phenoxy) is 2. The molecule has 0 spiro atoms. The number of carboxylic acids is 2. The molecule has 0 unspecified atom stereocenters. The van der Waals surface area contributed by atoms with Crippen LogP contribution in [0.5, 0.6) is 11.5 Å². The van der Waals surface area contributed by atoms with Crippen molar-refractivity contribution in [2.45, 2.75) is 78.3 Å². The SMILES string of the molecule is CCc1nc2ccc(Cl)cc2n1-c1cccc(CNc2ccc3c(c2)OC[C@H]3CC(=O)O)c1C.CCc1nc2ccc(Cl)cc2n1-c1cccc(CNc2ccc3c(c2)OC[C@H]3CC(=O)O)c1C. The molecule has 4 N–H and O–H groups in total. The highest BCUT2D eigenvalue weighted by atomic mass is 35.5. The van der Waals surface area contributed by atoms with Gasteiger partial charge in [-0.15, -0.1) is 0 Å². The van der Waals surface area contributed by atoms with Crippen LogP contribution in [0.15, 0.2) is 109 Å². The minimum Gasteiger partial charge on any atom is -0.493 e.